The molecule has 0 atom stereocenters. The lowest BCUT2D eigenvalue weighted by Gasteiger charge is -2.18. The van der Waals surface area contributed by atoms with Crippen molar-refractivity contribution in [2.75, 3.05) is 5.32 Å². The van der Waals surface area contributed by atoms with Gasteiger partial charge in [0.25, 0.3) is 0 Å². The number of nitrogens with zero attached hydrogens (tertiary/aromatic N) is 5. The van der Waals surface area contributed by atoms with E-state index in [1.54, 1.807) is 30.7 Å². The van der Waals surface area contributed by atoms with Gasteiger partial charge in [-0.1, -0.05) is 0 Å². The minimum atomic E-state index is -0.302. The number of fused-ring (bicyclic) bond motifs is 1. The lowest BCUT2D eigenvalue weighted by Crippen LogP contribution is -2.18. The highest BCUT2D eigenvalue weighted by molar-refractivity contribution is 5.79. The summed E-state index contributed by atoms with van der Waals surface area (Å²) >= 11 is 0. The molecular weight excluding hydrogens is 347 g/mol. The van der Waals surface area contributed by atoms with Crippen molar-refractivity contribution < 1.29 is 9.60 Å². The first-order chi connectivity index (χ1) is 13.2. The van der Waals surface area contributed by atoms with Gasteiger partial charge in [0.05, 0.1) is 17.1 Å². The van der Waals surface area contributed by atoms with Crippen LogP contribution in [0.2, 0.25) is 0 Å². The third-order valence-electron chi connectivity index (χ3n) is 4.60. The molecular formula is C19H17FN6O. The molecule has 0 saturated heterocycles. The second-order valence-electron chi connectivity index (χ2n) is 6.68. The molecule has 1 fully saturated rings. The highest BCUT2D eigenvalue weighted by atomic mass is 19.1. The molecule has 2 aliphatic rings. The standard InChI is InChI=1S/C19H17FN6O/c20-13-3-1-12(2-4-13)17-18(26-10-9-25(27)11-16(26)24-17)15-7-8-21-19(23-15)22-14-5-6-14/h1-4,7-10,14,27H,5-6,11H2,(H,21,22,23). The number of halogens is 1. The largest absolute Gasteiger partial charge is 0.351 e. The van der Waals surface area contributed by atoms with E-state index in [1.165, 1.54) is 12.1 Å². The first-order valence-corrected chi connectivity index (χ1v) is 8.78. The van der Waals surface area contributed by atoms with Crippen LogP contribution in [0, 0.1) is 5.82 Å². The van der Waals surface area contributed by atoms with E-state index in [9.17, 15) is 9.60 Å². The predicted molar refractivity (Wildman–Crippen MR) is 98.0 cm³/mol. The Balaban J connectivity index is 1.66. The van der Waals surface area contributed by atoms with E-state index in [4.69, 9.17) is 0 Å². The first kappa shape index (κ1) is 16.0. The molecule has 0 bridgehead atoms. The van der Waals surface area contributed by atoms with Gasteiger partial charge in [0, 0.05) is 30.2 Å². The van der Waals surface area contributed by atoms with E-state index < -0.39 is 0 Å². The zero-order chi connectivity index (χ0) is 18.4. The fourth-order valence-electron chi connectivity index (χ4n) is 3.12. The van der Waals surface area contributed by atoms with Crippen molar-refractivity contribution in [1.82, 2.24) is 24.6 Å². The van der Waals surface area contributed by atoms with Gasteiger partial charge in [-0.15, -0.1) is 0 Å². The molecule has 0 amide bonds. The van der Waals surface area contributed by atoms with Crippen molar-refractivity contribution in [1.29, 1.82) is 0 Å². The average Bonchev–Trinajstić information content (AvgIpc) is 3.40. The highest BCUT2D eigenvalue weighted by Crippen LogP contribution is 2.34. The van der Waals surface area contributed by atoms with Crippen LogP contribution in [0.1, 0.15) is 18.7 Å². The molecule has 0 unspecified atom stereocenters. The summed E-state index contributed by atoms with van der Waals surface area (Å²) in [5.41, 5.74) is 2.95. The van der Waals surface area contributed by atoms with E-state index >= 15 is 0 Å². The van der Waals surface area contributed by atoms with E-state index in [-0.39, 0.29) is 12.4 Å². The number of rotatable bonds is 4. The highest BCUT2D eigenvalue weighted by Gasteiger charge is 2.25. The van der Waals surface area contributed by atoms with Crippen LogP contribution in [0.15, 0.2) is 42.7 Å². The van der Waals surface area contributed by atoms with Gasteiger partial charge in [0.2, 0.25) is 5.95 Å². The van der Waals surface area contributed by atoms with Crippen LogP contribution in [-0.2, 0) is 6.54 Å². The SMILES string of the molecule is ON1C=Cn2c(nc(-c3ccc(F)cc3)c2-c2ccnc(NC3CC3)n2)C1. The molecule has 3 heterocycles. The van der Waals surface area contributed by atoms with Gasteiger partial charge in [-0.25, -0.2) is 19.3 Å². The second-order valence-corrected chi connectivity index (χ2v) is 6.68. The minimum Gasteiger partial charge on any atom is -0.351 e. The van der Waals surface area contributed by atoms with Crippen molar-refractivity contribution in [3.63, 3.8) is 0 Å². The maximum Gasteiger partial charge on any atom is 0.223 e. The Morgan fingerprint density at radius 2 is 1.89 bits per heavy atom. The molecule has 1 aliphatic heterocycles. The molecule has 5 rings (SSSR count). The Kier molecular flexibility index (Phi) is 3.64. The Morgan fingerprint density at radius 1 is 1.07 bits per heavy atom. The Labute approximate surface area is 154 Å². The van der Waals surface area contributed by atoms with E-state index in [2.05, 4.69) is 20.3 Å². The van der Waals surface area contributed by atoms with Crippen LogP contribution in [0.4, 0.5) is 10.3 Å². The Morgan fingerprint density at radius 3 is 2.67 bits per heavy atom. The summed E-state index contributed by atoms with van der Waals surface area (Å²) in [5, 5.41) is 14.2. The zero-order valence-electron chi connectivity index (χ0n) is 14.4. The summed E-state index contributed by atoms with van der Waals surface area (Å²) < 4.78 is 15.3. The molecule has 1 aromatic carbocycles. The quantitative estimate of drug-likeness (QED) is 0.739. The van der Waals surface area contributed by atoms with Crippen LogP contribution in [0.3, 0.4) is 0 Å². The molecule has 0 spiro atoms. The summed E-state index contributed by atoms with van der Waals surface area (Å²) in [6, 6.07) is 8.47. The lowest BCUT2D eigenvalue weighted by molar-refractivity contribution is -0.0529. The van der Waals surface area contributed by atoms with Crippen LogP contribution in [-0.4, -0.2) is 35.8 Å². The van der Waals surface area contributed by atoms with Gasteiger partial charge < -0.3 is 5.32 Å². The summed E-state index contributed by atoms with van der Waals surface area (Å²) in [6.45, 7) is 0.253. The minimum absolute atomic E-state index is 0.253. The lowest BCUT2D eigenvalue weighted by atomic mass is 10.1. The van der Waals surface area contributed by atoms with Crippen molar-refractivity contribution in [3.05, 3.63) is 54.4 Å². The van der Waals surface area contributed by atoms with Gasteiger partial charge in [-0.2, -0.15) is 0 Å². The zero-order valence-corrected chi connectivity index (χ0v) is 14.4. The number of anilines is 1. The van der Waals surface area contributed by atoms with Gasteiger partial charge in [0.15, 0.2) is 0 Å². The number of nitrogens with one attached hydrogen (secondary N) is 1. The molecule has 1 saturated carbocycles. The van der Waals surface area contributed by atoms with Crippen molar-refractivity contribution in [3.8, 4) is 22.6 Å². The first-order valence-electron chi connectivity index (χ1n) is 8.78. The average molecular weight is 364 g/mol. The number of imidazole rings is 1. The van der Waals surface area contributed by atoms with Crippen LogP contribution < -0.4 is 5.32 Å². The maximum atomic E-state index is 13.4. The molecule has 3 aromatic rings. The monoisotopic (exact) mass is 364 g/mol. The number of aromatic nitrogens is 4. The van der Waals surface area contributed by atoms with E-state index in [0.29, 0.717) is 29.2 Å². The van der Waals surface area contributed by atoms with Crippen LogP contribution in [0.5, 0.6) is 0 Å². The van der Waals surface area contributed by atoms with Crippen LogP contribution in [0.25, 0.3) is 28.8 Å². The smallest absolute Gasteiger partial charge is 0.223 e. The molecule has 2 aromatic heterocycles. The third-order valence-corrected chi connectivity index (χ3v) is 4.60. The molecule has 0 radical (unpaired) electrons. The molecule has 2 N–H and O–H groups in total. The van der Waals surface area contributed by atoms with Gasteiger partial charge in [-0.05, 0) is 43.2 Å². The fourth-order valence-corrected chi connectivity index (χ4v) is 3.12. The fraction of sp³-hybridized carbons (Fsp3) is 0.211. The van der Waals surface area contributed by atoms with Crippen molar-refractivity contribution >= 4 is 12.1 Å². The predicted octanol–water partition coefficient (Wildman–Crippen LogP) is 3.35. The molecule has 27 heavy (non-hydrogen) atoms. The molecule has 136 valence electrons. The third kappa shape index (κ3) is 3.04. The van der Waals surface area contributed by atoms with Gasteiger partial charge in [0.1, 0.15) is 18.2 Å². The summed E-state index contributed by atoms with van der Waals surface area (Å²) in [5.74, 6) is 0.951. The van der Waals surface area contributed by atoms with Crippen LogP contribution >= 0.6 is 0 Å². The maximum absolute atomic E-state index is 13.4. The Hall–Kier alpha value is -3.26. The topological polar surface area (TPSA) is 79.1 Å². The van der Waals surface area contributed by atoms with E-state index in [1.807, 2.05) is 10.6 Å². The molecule has 1 aliphatic carbocycles. The summed E-state index contributed by atoms with van der Waals surface area (Å²) in [7, 11) is 0. The van der Waals surface area contributed by atoms with Gasteiger partial charge in [-0.3, -0.25) is 14.8 Å². The second kappa shape index (κ2) is 6.17. The number of benzene rings is 1. The summed E-state index contributed by atoms with van der Waals surface area (Å²) in [4.78, 5) is 13.6. The van der Waals surface area contributed by atoms with Gasteiger partial charge >= 0.3 is 0 Å². The Bertz CT molecular complexity index is 1030. The van der Waals surface area contributed by atoms with Crippen molar-refractivity contribution in [2.45, 2.75) is 25.4 Å². The van der Waals surface area contributed by atoms with Crippen molar-refractivity contribution in [2.24, 2.45) is 0 Å². The summed E-state index contributed by atoms with van der Waals surface area (Å²) in [6.07, 6.45) is 7.28. The van der Waals surface area contributed by atoms with E-state index in [0.717, 1.165) is 29.2 Å². The number of hydroxylamine groups is 2. The molecule has 8 heteroatoms. The molecule has 7 nitrogen and oxygen atoms in total. The number of hydrogen-bond donors (Lipinski definition) is 2. The number of hydrogen-bond acceptors (Lipinski definition) is 6. The normalized spacial score (nSPS) is 15.7.